The Morgan fingerprint density at radius 3 is 3.05 bits per heavy atom. The van der Waals surface area contributed by atoms with Crippen LogP contribution in [0, 0.1) is 6.92 Å². The fraction of sp³-hybridized carbons (Fsp3) is 0.500. The van der Waals surface area contributed by atoms with Gasteiger partial charge < -0.3 is 4.90 Å². The van der Waals surface area contributed by atoms with E-state index in [0.717, 1.165) is 31.2 Å². The summed E-state index contributed by atoms with van der Waals surface area (Å²) in [6.45, 7) is 3.86. The molecule has 2 aromatic heterocycles. The van der Waals surface area contributed by atoms with Gasteiger partial charge in [-0.1, -0.05) is 0 Å². The van der Waals surface area contributed by atoms with Crippen LogP contribution in [0.2, 0.25) is 0 Å². The second-order valence-corrected chi connectivity index (χ2v) is 5.51. The molecule has 2 aromatic rings. The molecule has 5 heteroatoms. The lowest BCUT2D eigenvalue weighted by molar-refractivity contribution is 0.694. The Hall–Kier alpha value is -1.91. The van der Waals surface area contributed by atoms with E-state index in [4.69, 9.17) is 0 Å². The van der Waals surface area contributed by atoms with Crippen LogP contribution in [-0.2, 0) is 13.0 Å². The molecule has 19 heavy (non-hydrogen) atoms. The number of hydrogen-bond acceptors (Lipinski definition) is 4. The van der Waals surface area contributed by atoms with Crippen molar-refractivity contribution < 1.29 is 0 Å². The van der Waals surface area contributed by atoms with E-state index in [0.29, 0.717) is 5.92 Å². The minimum absolute atomic E-state index is 0.693. The van der Waals surface area contributed by atoms with Gasteiger partial charge in [0.05, 0.1) is 5.69 Å². The van der Waals surface area contributed by atoms with E-state index < -0.39 is 0 Å². The van der Waals surface area contributed by atoms with Crippen molar-refractivity contribution in [2.75, 3.05) is 11.4 Å². The first-order chi connectivity index (χ1) is 9.31. The Kier molecular flexibility index (Phi) is 2.33. The Morgan fingerprint density at radius 1 is 1.37 bits per heavy atom. The molecule has 4 rings (SSSR count). The topological polar surface area (TPSA) is 57.7 Å². The Morgan fingerprint density at radius 2 is 2.26 bits per heavy atom. The highest BCUT2D eigenvalue weighted by Crippen LogP contribution is 2.42. The molecule has 0 aromatic carbocycles. The van der Waals surface area contributed by atoms with Crippen LogP contribution in [-0.4, -0.2) is 26.7 Å². The molecule has 3 heterocycles. The van der Waals surface area contributed by atoms with Gasteiger partial charge in [0.25, 0.3) is 0 Å². The molecule has 0 bridgehead atoms. The molecule has 1 N–H and O–H groups in total. The Balaban J connectivity index is 1.65. The molecule has 0 radical (unpaired) electrons. The monoisotopic (exact) mass is 255 g/mol. The van der Waals surface area contributed by atoms with Crippen molar-refractivity contribution in [3.63, 3.8) is 0 Å². The molecule has 0 saturated heterocycles. The molecule has 0 spiro atoms. The van der Waals surface area contributed by atoms with Crippen LogP contribution >= 0.6 is 0 Å². The molecule has 1 aliphatic heterocycles. The lowest BCUT2D eigenvalue weighted by atomic mass is 10.0. The van der Waals surface area contributed by atoms with Crippen LogP contribution in [0.15, 0.2) is 12.3 Å². The summed E-state index contributed by atoms with van der Waals surface area (Å²) in [4.78, 5) is 11.2. The summed E-state index contributed by atoms with van der Waals surface area (Å²) in [5.41, 5.74) is 5.00. The zero-order valence-corrected chi connectivity index (χ0v) is 11.1. The fourth-order valence-corrected chi connectivity index (χ4v) is 2.77. The summed E-state index contributed by atoms with van der Waals surface area (Å²) in [5.74, 6) is 1.53. The number of nitrogens with one attached hydrogen (secondary N) is 1. The van der Waals surface area contributed by atoms with Gasteiger partial charge in [-0.3, -0.25) is 5.10 Å². The predicted octanol–water partition coefficient (Wildman–Crippen LogP) is 1.95. The van der Waals surface area contributed by atoms with Crippen molar-refractivity contribution in [3.8, 4) is 0 Å². The minimum Gasteiger partial charge on any atom is -0.336 e. The van der Waals surface area contributed by atoms with Gasteiger partial charge >= 0.3 is 0 Å². The van der Waals surface area contributed by atoms with Crippen molar-refractivity contribution in [2.45, 2.75) is 38.6 Å². The summed E-state index contributed by atoms with van der Waals surface area (Å²) < 4.78 is 0. The van der Waals surface area contributed by atoms with Gasteiger partial charge in [-0.15, -0.1) is 0 Å². The van der Waals surface area contributed by atoms with Crippen LogP contribution in [0.1, 0.15) is 41.4 Å². The smallest absolute Gasteiger partial charge is 0.225 e. The molecule has 2 aliphatic rings. The van der Waals surface area contributed by atoms with Crippen molar-refractivity contribution in [1.82, 2.24) is 20.2 Å². The quantitative estimate of drug-likeness (QED) is 0.891. The molecule has 1 fully saturated rings. The van der Waals surface area contributed by atoms with E-state index in [9.17, 15) is 0 Å². The number of rotatable bonds is 2. The van der Waals surface area contributed by atoms with E-state index in [2.05, 4.69) is 25.1 Å². The van der Waals surface area contributed by atoms with Crippen molar-refractivity contribution in [2.24, 2.45) is 0 Å². The number of aromatic amines is 1. The third kappa shape index (κ3) is 1.89. The fourth-order valence-electron chi connectivity index (χ4n) is 2.77. The van der Waals surface area contributed by atoms with E-state index in [-0.39, 0.29) is 0 Å². The molecule has 98 valence electrons. The Labute approximate surface area is 112 Å². The number of aromatic nitrogens is 4. The predicted molar refractivity (Wildman–Crippen MR) is 72.1 cm³/mol. The summed E-state index contributed by atoms with van der Waals surface area (Å²) >= 11 is 0. The first kappa shape index (κ1) is 11.0. The van der Waals surface area contributed by atoms with E-state index in [1.807, 2.05) is 19.2 Å². The van der Waals surface area contributed by atoms with E-state index in [1.54, 1.807) is 0 Å². The zero-order valence-electron chi connectivity index (χ0n) is 11.1. The second kappa shape index (κ2) is 4.05. The largest absolute Gasteiger partial charge is 0.336 e. The summed E-state index contributed by atoms with van der Waals surface area (Å²) in [6, 6.07) is 1.94. The average Bonchev–Trinajstić information content (AvgIpc) is 3.18. The maximum Gasteiger partial charge on any atom is 0.225 e. The van der Waals surface area contributed by atoms with Crippen LogP contribution < -0.4 is 4.90 Å². The van der Waals surface area contributed by atoms with E-state index >= 15 is 0 Å². The van der Waals surface area contributed by atoms with Crippen molar-refractivity contribution in [1.29, 1.82) is 0 Å². The van der Waals surface area contributed by atoms with Crippen molar-refractivity contribution in [3.05, 3.63) is 34.9 Å². The standard InChI is InChI=1S/C14H17N5/c1-9-4-6-15-14(16-9)19-7-5-12-11(8-19)13(18-17-12)10-2-3-10/h4,6,10H,2-3,5,7-8H2,1H3,(H,17,18). The van der Waals surface area contributed by atoms with Crippen LogP contribution in [0.5, 0.6) is 0 Å². The first-order valence-electron chi connectivity index (χ1n) is 6.92. The summed E-state index contributed by atoms with van der Waals surface area (Å²) in [7, 11) is 0. The molecule has 5 nitrogen and oxygen atoms in total. The molecular weight excluding hydrogens is 238 g/mol. The number of H-pyrrole nitrogens is 1. The van der Waals surface area contributed by atoms with Crippen molar-refractivity contribution >= 4 is 5.95 Å². The lowest BCUT2D eigenvalue weighted by Crippen LogP contribution is -2.32. The first-order valence-corrected chi connectivity index (χ1v) is 6.92. The highest BCUT2D eigenvalue weighted by atomic mass is 15.3. The van der Waals surface area contributed by atoms with Gasteiger partial charge in [0.1, 0.15) is 0 Å². The highest BCUT2D eigenvalue weighted by Gasteiger charge is 2.32. The number of aryl methyl sites for hydroxylation is 1. The number of hydrogen-bond donors (Lipinski definition) is 1. The normalized spacial score (nSPS) is 18.5. The number of fused-ring (bicyclic) bond motifs is 1. The summed E-state index contributed by atoms with van der Waals surface area (Å²) in [6.07, 6.45) is 5.42. The SMILES string of the molecule is Cc1ccnc(N2CCc3[nH]nc(C4CC4)c3C2)n1. The summed E-state index contributed by atoms with van der Waals surface area (Å²) in [5, 5.41) is 7.73. The molecule has 0 amide bonds. The second-order valence-electron chi connectivity index (χ2n) is 5.51. The Bertz CT molecular complexity index is 614. The number of nitrogens with zero attached hydrogens (tertiary/aromatic N) is 4. The molecule has 1 saturated carbocycles. The maximum absolute atomic E-state index is 4.53. The van der Waals surface area contributed by atoms with Gasteiger partial charge in [0, 0.05) is 48.6 Å². The third-order valence-corrected chi connectivity index (χ3v) is 3.99. The molecular formula is C14H17N5. The van der Waals surface area contributed by atoms with Gasteiger partial charge in [0.15, 0.2) is 0 Å². The molecule has 0 unspecified atom stereocenters. The lowest BCUT2D eigenvalue weighted by Gasteiger charge is -2.27. The van der Waals surface area contributed by atoms with Gasteiger partial charge in [-0.05, 0) is 25.8 Å². The minimum atomic E-state index is 0.693. The third-order valence-electron chi connectivity index (χ3n) is 3.99. The van der Waals surface area contributed by atoms with Gasteiger partial charge in [0.2, 0.25) is 5.95 Å². The van der Waals surface area contributed by atoms with Gasteiger partial charge in [-0.25, -0.2) is 9.97 Å². The van der Waals surface area contributed by atoms with Crippen LogP contribution in [0.3, 0.4) is 0 Å². The molecule has 0 atom stereocenters. The molecule has 1 aliphatic carbocycles. The van der Waals surface area contributed by atoms with Gasteiger partial charge in [-0.2, -0.15) is 5.10 Å². The average molecular weight is 255 g/mol. The number of anilines is 1. The highest BCUT2D eigenvalue weighted by molar-refractivity contribution is 5.41. The van der Waals surface area contributed by atoms with E-state index in [1.165, 1.54) is 29.8 Å². The zero-order chi connectivity index (χ0) is 12.8. The maximum atomic E-state index is 4.53. The van der Waals surface area contributed by atoms with Crippen LogP contribution in [0.25, 0.3) is 0 Å². The van der Waals surface area contributed by atoms with Crippen LogP contribution in [0.4, 0.5) is 5.95 Å².